The first kappa shape index (κ1) is 20.2. The first-order chi connectivity index (χ1) is 14.5. The molecular weight excluding hydrogens is 386 g/mol. The lowest BCUT2D eigenvalue weighted by Gasteiger charge is -2.36. The van der Waals surface area contributed by atoms with E-state index >= 15 is 0 Å². The number of aliphatic carboxylic acids is 1. The van der Waals surface area contributed by atoms with Gasteiger partial charge in [0.15, 0.2) is 0 Å². The highest BCUT2D eigenvalue weighted by atomic mass is 16.5. The highest BCUT2D eigenvalue weighted by molar-refractivity contribution is 5.95. The van der Waals surface area contributed by atoms with Crippen molar-refractivity contribution in [3.8, 4) is 17.2 Å². The maximum absolute atomic E-state index is 13.0. The Morgan fingerprint density at radius 3 is 2.13 bits per heavy atom. The fourth-order valence-electron chi connectivity index (χ4n) is 4.38. The van der Waals surface area contributed by atoms with Gasteiger partial charge in [-0.1, -0.05) is 0 Å². The summed E-state index contributed by atoms with van der Waals surface area (Å²) in [5.41, 5.74) is 0.127. The minimum atomic E-state index is -0.838. The summed E-state index contributed by atoms with van der Waals surface area (Å²) in [4.78, 5) is 26.5. The molecule has 0 aromatic heterocycles. The van der Waals surface area contributed by atoms with Gasteiger partial charge in [0.2, 0.25) is 0 Å². The molecule has 2 saturated heterocycles. The number of hydrogen-bond donors (Lipinski definition) is 1. The smallest absolute Gasteiger partial charge is 0.308 e. The van der Waals surface area contributed by atoms with E-state index in [2.05, 4.69) is 0 Å². The molecular formula is C23H25NO6. The van der Waals surface area contributed by atoms with Crippen LogP contribution in [0.1, 0.15) is 23.2 Å². The van der Waals surface area contributed by atoms with Gasteiger partial charge < -0.3 is 24.2 Å². The maximum atomic E-state index is 13.0. The molecule has 2 fully saturated rings. The monoisotopic (exact) mass is 411 g/mol. The van der Waals surface area contributed by atoms with E-state index in [-0.39, 0.29) is 12.5 Å². The maximum Gasteiger partial charge on any atom is 0.308 e. The fraction of sp³-hybridized carbons (Fsp3) is 0.391. The molecule has 1 atom stereocenters. The van der Waals surface area contributed by atoms with Crippen LogP contribution >= 0.6 is 0 Å². The van der Waals surface area contributed by atoms with Gasteiger partial charge in [0, 0.05) is 37.3 Å². The molecule has 158 valence electrons. The second-order valence-corrected chi connectivity index (χ2v) is 7.85. The first-order valence-corrected chi connectivity index (χ1v) is 10.0. The molecule has 0 radical (unpaired) electrons. The van der Waals surface area contributed by atoms with Gasteiger partial charge in [0.05, 0.1) is 13.0 Å². The molecule has 2 aliphatic rings. The van der Waals surface area contributed by atoms with Crippen LogP contribution in [0.2, 0.25) is 0 Å². The zero-order valence-electron chi connectivity index (χ0n) is 16.9. The Kier molecular flexibility index (Phi) is 5.63. The average Bonchev–Trinajstić information content (AvgIpc) is 3.13. The topological polar surface area (TPSA) is 85.3 Å². The van der Waals surface area contributed by atoms with Crippen LogP contribution in [0.4, 0.5) is 0 Å². The number of methoxy groups -OCH3 is 1. The largest absolute Gasteiger partial charge is 0.497 e. The second kappa shape index (κ2) is 8.36. The SMILES string of the molecule is COc1ccc(Oc2ccc(C(=O)N3CC(C(=O)O)C4(CCOCC4)C3)cc2)cc1. The third kappa shape index (κ3) is 3.98. The zero-order chi connectivity index (χ0) is 21.1. The number of amides is 1. The summed E-state index contributed by atoms with van der Waals surface area (Å²) in [6.45, 7) is 1.78. The minimum absolute atomic E-state index is 0.152. The summed E-state index contributed by atoms with van der Waals surface area (Å²) in [6.07, 6.45) is 1.34. The Morgan fingerprint density at radius 1 is 1.00 bits per heavy atom. The number of rotatable bonds is 5. The van der Waals surface area contributed by atoms with Crippen LogP contribution in [0.3, 0.4) is 0 Å². The van der Waals surface area contributed by atoms with E-state index in [1.54, 1.807) is 36.3 Å². The van der Waals surface area contributed by atoms with E-state index in [0.29, 0.717) is 49.7 Å². The third-order valence-electron chi connectivity index (χ3n) is 6.12. The van der Waals surface area contributed by atoms with Crippen molar-refractivity contribution in [3.63, 3.8) is 0 Å². The molecule has 7 heteroatoms. The van der Waals surface area contributed by atoms with E-state index in [1.807, 2.05) is 24.3 Å². The van der Waals surface area contributed by atoms with Crippen molar-refractivity contribution in [2.24, 2.45) is 11.3 Å². The van der Waals surface area contributed by atoms with Crippen LogP contribution < -0.4 is 9.47 Å². The summed E-state index contributed by atoms with van der Waals surface area (Å²) >= 11 is 0. The molecule has 0 aliphatic carbocycles. The summed E-state index contributed by atoms with van der Waals surface area (Å²) in [5, 5.41) is 9.71. The van der Waals surface area contributed by atoms with E-state index in [4.69, 9.17) is 14.2 Å². The van der Waals surface area contributed by atoms with Gasteiger partial charge in [-0.3, -0.25) is 9.59 Å². The third-order valence-corrected chi connectivity index (χ3v) is 6.12. The van der Waals surface area contributed by atoms with Gasteiger partial charge in [-0.05, 0) is 61.4 Å². The van der Waals surface area contributed by atoms with E-state index in [1.165, 1.54) is 0 Å². The molecule has 30 heavy (non-hydrogen) atoms. The fourth-order valence-corrected chi connectivity index (χ4v) is 4.38. The lowest BCUT2D eigenvalue weighted by molar-refractivity contribution is -0.146. The Bertz CT molecular complexity index is 902. The Morgan fingerprint density at radius 2 is 1.57 bits per heavy atom. The van der Waals surface area contributed by atoms with Crippen LogP contribution in [0.5, 0.6) is 17.2 Å². The number of ether oxygens (including phenoxy) is 3. The van der Waals surface area contributed by atoms with Crippen molar-refractivity contribution in [3.05, 3.63) is 54.1 Å². The van der Waals surface area contributed by atoms with Gasteiger partial charge in [-0.15, -0.1) is 0 Å². The van der Waals surface area contributed by atoms with Gasteiger partial charge >= 0.3 is 5.97 Å². The summed E-state index contributed by atoms with van der Waals surface area (Å²) in [7, 11) is 1.61. The van der Waals surface area contributed by atoms with Crippen molar-refractivity contribution in [1.29, 1.82) is 0 Å². The Labute approximate surface area is 175 Å². The minimum Gasteiger partial charge on any atom is -0.497 e. The van der Waals surface area contributed by atoms with Crippen molar-refractivity contribution >= 4 is 11.9 Å². The van der Waals surface area contributed by atoms with Crippen molar-refractivity contribution < 1.29 is 28.9 Å². The quantitative estimate of drug-likeness (QED) is 0.811. The highest BCUT2D eigenvalue weighted by Gasteiger charge is 2.52. The average molecular weight is 411 g/mol. The Balaban J connectivity index is 1.45. The van der Waals surface area contributed by atoms with E-state index in [0.717, 1.165) is 5.75 Å². The molecule has 4 rings (SSSR count). The molecule has 1 N–H and O–H groups in total. The standard InChI is InChI=1S/C23H25NO6/c1-28-17-6-8-19(9-7-17)30-18-4-2-16(3-5-18)21(25)24-14-20(22(26)27)23(15-24)10-12-29-13-11-23/h2-9,20H,10-15H2,1H3,(H,26,27). The molecule has 2 aromatic rings. The highest BCUT2D eigenvalue weighted by Crippen LogP contribution is 2.44. The summed E-state index contributed by atoms with van der Waals surface area (Å²) in [5.74, 6) is 0.484. The molecule has 7 nitrogen and oxygen atoms in total. The van der Waals surface area contributed by atoms with Crippen LogP contribution in [0, 0.1) is 11.3 Å². The molecule has 1 unspecified atom stereocenters. The molecule has 1 amide bonds. The number of likely N-dealkylation sites (tertiary alicyclic amines) is 1. The van der Waals surface area contributed by atoms with Gasteiger partial charge in [0.1, 0.15) is 17.2 Å². The lowest BCUT2D eigenvalue weighted by atomic mass is 9.72. The van der Waals surface area contributed by atoms with E-state index in [9.17, 15) is 14.7 Å². The number of hydrogen-bond acceptors (Lipinski definition) is 5. The first-order valence-electron chi connectivity index (χ1n) is 10.0. The predicted molar refractivity (Wildman–Crippen MR) is 109 cm³/mol. The number of carboxylic acid groups (broad SMARTS) is 1. The number of carbonyl (C=O) groups excluding carboxylic acids is 1. The molecule has 2 heterocycles. The van der Waals surface area contributed by atoms with Crippen molar-refractivity contribution in [1.82, 2.24) is 4.90 Å². The van der Waals surface area contributed by atoms with Crippen LogP contribution in [-0.4, -0.2) is 55.3 Å². The molecule has 2 aromatic carbocycles. The van der Waals surface area contributed by atoms with E-state index < -0.39 is 17.3 Å². The predicted octanol–water partition coefficient (Wildman–Crippen LogP) is 3.44. The molecule has 0 bridgehead atoms. The van der Waals surface area contributed by atoms with Crippen molar-refractivity contribution in [2.45, 2.75) is 12.8 Å². The van der Waals surface area contributed by atoms with Crippen LogP contribution in [0.25, 0.3) is 0 Å². The zero-order valence-corrected chi connectivity index (χ0v) is 16.9. The number of benzene rings is 2. The van der Waals surface area contributed by atoms with Crippen LogP contribution in [-0.2, 0) is 9.53 Å². The number of carboxylic acids is 1. The molecule has 0 saturated carbocycles. The second-order valence-electron chi connectivity index (χ2n) is 7.85. The summed E-state index contributed by atoms with van der Waals surface area (Å²) in [6, 6.07) is 14.1. The molecule has 1 spiro atoms. The van der Waals surface area contributed by atoms with Crippen LogP contribution in [0.15, 0.2) is 48.5 Å². The normalized spacial score (nSPS) is 20.2. The van der Waals surface area contributed by atoms with Gasteiger partial charge in [-0.2, -0.15) is 0 Å². The Hall–Kier alpha value is -3.06. The molecule has 2 aliphatic heterocycles. The lowest BCUT2D eigenvalue weighted by Crippen LogP contribution is -2.40. The van der Waals surface area contributed by atoms with Gasteiger partial charge in [-0.25, -0.2) is 0 Å². The summed E-state index contributed by atoms with van der Waals surface area (Å²) < 4.78 is 16.4. The number of carbonyl (C=O) groups is 2. The van der Waals surface area contributed by atoms with Gasteiger partial charge in [0.25, 0.3) is 5.91 Å². The van der Waals surface area contributed by atoms with Crippen molar-refractivity contribution in [2.75, 3.05) is 33.4 Å². The number of nitrogens with zero attached hydrogens (tertiary/aromatic N) is 1.